The molecule has 60 valence electrons. The molecule has 0 saturated heterocycles. The van der Waals surface area contributed by atoms with Crippen LogP contribution >= 0.6 is 0 Å². The molecule has 0 aromatic carbocycles. The van der Waals surface area contributed by atoms with E-state index in [2.05, 4.69) is 4.98 Å². The summed E-state index contributed by atoms with van der Waals surface area (Å²) in [7, 11) is 0. The van der Waals surface area contributed by atoms with Crippen LogP contribution in [0.25, 0.3) is 10.9 Å². The van der Waals surface area contributed by atoms with E-state index < -0.39 is 0 Å². The van der Waals surface area contributed by atoms with Gasteiger partial charge in [-0.1, -0.05) is 0 Å². The molecule has 2 heterocycles. The van der Waals surface area contributed by atoms with Crippen LogP contribution in [0.15, 0.2) is 35.5 Å². The molecule has 2 aromatic heterocycles. The Bertz CT molecular complexity index is 476. The molecule has 0 unspecified atom stereocenters. The molecule has 4 heteroatoms. The van der Waals surface area contributed by atoms with Crippen LogP contribution < -0.4 is 10.2 Å². The lowest BCUT2D eigenvalue weighted by Crippen LogP contribution is -2.24. The van der Waals surface area contributed by atoms with Crippen molar-refractivity contribution in [3.63, 3.8) is 0 Å². The van der Waals surface area contributed by atoms with Crippen LogP contribution in [0.5, 0.6) is 0 Å². The predicted octanol–water partition coefficient (Wildman–Crippen LogP) is 0.162. The molecule has 0 amide bonds. The number of rotatable bonds is 0. The van der Waals surface area contributed by atoms with E-state index in [0.29, 0.717) is 15.6 Å². The van der Waals surface area contributed by atoms with Crippen molar-refractivity contribution < 1.29 is 4.73 Å². The highest BCUT2D eigenvalue weighted by Crippen LogP contribution is 2.00. The van der Waals surface area contributed by atoms with Crippen molar-refractivity contribution in [2.45, 2.75) is 0 Å². The quantitative estimate of drug-likeness (QED) is 0.443. The zero-order valence-corrected chi connectivity index (χ0v) is 6.15. The highest BCUT2D eigenvalue weighted by atomic mass is 16.5. The normalized spacial score (nSPS) is 10.3. The van der Waals surface area contributed by atoms with Crippen LogP contribution in [0.1, 0.15) is 0 Å². The van der Waals surface area contributed by atoms with Crippen LogP contribution in [-0.2, 0) is 0 Å². The molecular weight excluding hydrogens is 156 g/mol. The molecule has 2 aromatic rings. The van der Waals surface area contributed by atoms with Crippen molar-refractivity contribution in [1.82, 2.24) is 4.98 Å². The monoisotopic (exact) mass is 162 g/mol. The lowest BCUT2D eigenvalue weighted by atomic mass is 10.2. The molecule has 1 N–H and O–H groups in total. The Morgan fingerprint density at radius 2 is 2.25 bits per heavy atom. The SMILES string of the molecule is O=c1cc[nH]c2c[n+]([O-])ccc12. The number of aromatic amines is 1. The number of pyridine rings is 2. The molecular formula is C8H6N2O2. The van der Waals surface area contributed by atoms with Gasteiger partial charge in [0.15, 0.2) is 11.6 Å². The Labute approximate surface area is 67.7 Å². The van der Waals surface area contributed by atoms with Crippen molar-refractivity contribution in [3.05, 3.63) is 46.2 Å². The second kappa shape index (κ2) is 2.34. The maximum Gasteiger partial charge on any atom is 0.204 e. The van der Waals surface area contributed by atoms with E-state index in [9.17, 15) is 10.0 Å². The molecule has 0 fully saturated rings. The zero-order chi connectivity index (χ0) is 8.55. The van der Waals surface area contributed by atoms with Gasteiger partial charge in [-0.05, 0) is 0 Å². The smallest absolute Gasteiger partial charge is 0.204 e. The fraction of sp³-hybridized carbons (Fsp3) is 0. The predicted molar refractivity (Wildman–Crippen MR) is 43.5 cm³/mol. The van der Waals surface area contributed by atoms with Crippen molar-refractivity contribution in [3.8, 4) is 0 Å². The maximum atomic E-state index is 11.2. The third-order valence-corrected chi connectivity index (χ3v) is 1.67. The first kappa shape index (κ1) is 6.84. The second-order valence-electron chi connectivity index (χ2n) is 2.47. The van der Waals surface area contributed by atoms with Crippen molar-refractivity contribution in [1.29, 1.82) is 0 Å². The lowest BCUT2D eigenvalue weighted by Gasteiger charge is -1.96. The Kier molecular flexibility index (Phi) is 1.33. The first-order valence-corrected chi connectivity index (χ1v) is 3.47. The molecule has 0 radical (unpaired) electrons. The summed E-state index contributed by atoms with van der Waals surface area (Å²) in [6, 6.07) is 2.93. The average Bonchev–Trinajstić information content (AvgIpc) is 2.04. The maximum absolute atomic E-state index is 11.2. The number of fused-ring (bicyclic) bond motifs is 1. The standard InChI is InChI=1S/C8H6N2O2/c11-8-1-3-9-7-5-10(12)4-2-6(7)8/h1-5H,(H,9,11). The Balaban J connectivity index is 2.96. The summed E-state index contributed by atoms with van der Waals surface area (Å²) in [5.74, 6) is 0. The highest BCUT2D eigenvalue weighted by molar-refractivity contribution is 5.75. The first-order valence-electron chi connectivity index (χ1n) is 3.47. The second-order valence-corrected chi connectivity index (χ2v) is 2.47. The molecule has 0 spiro atoms. The lowest BCUT2D eigenvalue weighted by molar-refractivity contribution is -0.604. The van der Waals surface area contributed by atoms with Crippen LogP contribution in [0.4, 0.5) is 0 Å². The molecule has 2 rings (SSSR count). The van der Waals surface area contributed by atoms with Crippen LogP contribution in [0.3, 0.4) is 0 Å². The van der Waals surface area contributed by atoms with Crippen LogP contribution in [0.2, 0.25) is 0 Å². The minimum absolute atomic E-state index is 0.0793. The van der Waals surface area contributed by atoms with Crippen LogP contribution in [0, 0.1) is 5.21 Å². The van der Waals surface area contributed by atoms with Crippen LogP contribution in [-0.4, -0.2) is 4.98 Å². The van der Waals surface area contributed by atoms with Gasteiger partial charge in [0.05, 0.1) is 5.39 Å². The number of nitrogens with zero attached hydrogens (tertiary/aromatic N) is 1. The molecule has 4 nitrogen and oxygen atoms in total. The highest BCUT2D eigenvalue weighted by Gasteiger charge is 1.99. The zero-order valence-electron chi connectivity index (χ0n) is 6.15. The van der Waals surface area contributed by atoms with Gasteiger partial charge in [-0.15, -0.1) is 0 Å². The van der Waals surface area contributed by atoms with Gasteiger partial charge in [-0.3, -0.25) is 4.79 Å². The summed E-state index contributed by atoms with van der Waals surface area (Å²) in [6.45, 7) is 0. The van der Waals surface area contributed by atoms with E-state index in [1.54, 1.807) is 0 Å². The van der Waals surface area contributed by atoms with Gasteiger partial charge in [-0.2, -0.15) is 4.73 Å². The Morgan fingerprint density at radius 1 is 1.42 bits per heavy atom. The summed E-state index contributed by atoms with van der Waals surface area (Å²) in [6.07, 6.45) is 4.15. The number of hydrogen-bond acceptors (Lipinski definition) is 2. The van der Waals surface area contributed by atoms with Gasteiger partial charge in [0.1, 0.15) is 5.52 Å². The molecule has 0 saturated carbocycles. The summed E-state index contributed by atoms with van der Waals surface area (Å²) < 4.78 is 0.651. The third-order valence-electron chi connectivity index (χ3n) is 1.67. The number of hydrogen-bond donors (Lipinski definition) is 1. The minimum Gasteiger partial charge on any atom is -0.619 e. The van der Waals surface area contributed by atoms with Gasteiger partial charge in [0, 0.05) is 18.3 Å². The fourth-order valence-electron chi connectivity index (χ4n) is 1.10. The summed E-state index contributed by atoms with van der Waals surface area (Å²) >= 11 is 0. The van der Waals surface area contributed by atoms with Crippen molar-refractivity contribution in [2.75, 3.05) is 0 Å². The van der Waals surface area contributed by atoms with Gasteiger partial charge < -0.3 is 10.2 Å². The largest absolute Gasteiger partial charge is 0.619 e. The number of H-pyrrole nitrogens is 1. The molecule has 0 bridgehead atoms. The van der Waals surface area contributed by atoms with Gasteiger partial charge in [0.2, 0.25) is 6.20 Å². The Hall–Kier alpha value is -1.84. The van der Waals surface area contributed by atoms with E-state index >= 15 is 0 Å². The summed E-state index contributed by atoms with van der Waals surface area (Å²) in [5, 5.41) is 11.3. The molecule has 0 aliphatic rings. The number of aromatic nitrogens is 2. The van der Waals surface area contributed by atoms with E-state index in [4.69, 9.17) is 0 Å². The van der Waals surface area contributed by atoms with Gasteiger partial charge in [-0.25, -0.2) is 0 Å². The topological polar surface area (TPSA) is 59.8 Å². The molecule has 12 heavy (non-hydrogen) atoms. The molecule has 0 atom stereocenters. The summed E-state index contributed by atoms with van der Waals surface area (Å²) in [4.78, 5) is 14.0. The van der Waals surface area contributed by atoms with Gasteiger partial charge in [0.25, 0.3) is 0 Å². The fourth-order valence-corrected chi connectivity index (χ4v) is 1.10. The van der Waals surface area contributed by atoms with E-state index in [-0.39, 0.29) is 5.43 Å². The van der Waals surface area contributed by atoms with Crippen molar-refractivity contribution >= 4 is 10.9 Å². The third kappa shape index (κ3) is 0.934. The first-order chi connectivity index (χ1) is 5.77. The van der Waals surface area contributed by atoms with E-state index in [0.717, 1.165) is 0 Å². The molecule has 0 aliphatic carbocycles. The number of nitrogens with one attached hydrogen (secondary N) is 1. The van der Waals surface area contributed by atoms with Gasteiger partial charge >= 0.3 is 0 Å². The average molecular weight is 162 g/mol. The van der Waals surface area contributed by atoms with Crippen molar-refractivity contribution in [2.24, 2.45) is 0 Å². The van der Waals surface area contributed by atoms with E-state index in [1.165, 1.54) is 30.7 Å². The molecule has 0 aliphatic heterocycles. The minimum atomic E-state index is -0.0793. The van der Waals surface area contributed by atoms with E-state index in [1.807, 2.05) is 0 Å². The summed E-state index contributed by atoms with van der Waals surface area (Å²) in [5.41, 5.74) is 0.476. The Morgan fingerprint density at radius 3 is 3.08 bits per heavy atom.